The number of carboxylic acids is 1. The smallest absolute Gasteiger partial charge is 0.326 e. The predicted molar refractivity (Wildman–Crippen MR) is 73.3 cm³/mol. The van der Waals surface area contributed by atoms with Gasteiger partial charge in [-0.1, -0.05) is 30.3 Å². The fraction of sp³-hybridized carbons (Fsp3) is 0.286. The van der Waals surface area contributed by atoms with Gasteiger partial charge in [0.2, 0.25) is 5.91 Å². The van der Waals surface area contributed by atoms with Crippen LogP contribution in [0.2, 0.25) is 0 Å². The van der Waals surface area contributed by atoms with Gasteiger partial charge < -0.3 is 16.2 Å². The maximum Gasteiger partial charge on any atom is 0.326 e. The number of carboxylic acid groups (broad SMARTS) is 1. The summed E-state index contributed by atoms with van der Waals surface area (Å²) in [4.78, 5) is 22.5. The molecule has 4 N–H and O–H groups in total. The Morgan fingerprint density at radius 1 is 1.32 bits per heavy atom. The van der Waals surface area contributed by atoms with E-state index >= 15 is 0 Å². The largest absolute Gasteiger partial charge is 0.480 e. The number of hydrogen-bond donors (Lipinski definition) is 3. The summed E-state index contributed by atoms with van der Waals surface area (Å²) >= 11 is 0. The van der Waals surface area contributed by atoms with Crippen LogP contribution in [-0.4, -0.2) is 29.6 Å². The molecule has 0 saturated carbocycles. The second kappa shape index (κ2) is 8.05. The molecule has 0 aromatic heterocycles. The van der Waals surface area contributed by atoms with E-state index in [9.17, 15) is 9.59 Å². The zero-order chi connectivity index (χ0) is 14.1. The first kappa shape index (κ1) is 14.9. The summed E-state index contributed by atoms with van der Waals surface area (Å²) in [5.74, 6) is -1.47. The van der Waals surface area contributed by atoms with Crippen molar-refractivity contribution < 1.29 is 14.7 Å². The van der Waals surface area contributed by atoms with Gasteiger partial charge in [-0.25, -0.2) is 4.79 Å². The van der Waals surface area contributed by atoms with E-state index in [0.29, 0.717) is 19.4 Å². The lowest BCUT2D eigenvalue weighted by Gasteiger charge is -2.12. The lowest BCUT2D eigenvalue weighted by molar-refractivity contribution is -0.141. The number of rotatable bonds is 7. The van der Waals surface area contributed by atoms with E-state index in [2.05, 4.69) is 5.32 Å². The number of nitrogens with two attached hydrogens (primary N) is 1. The summed E-state index contributed by atoms with van der Waals surface area (Å²) in [6, 6.07) is 8.42. The monoisotopic (exact) mass is 262 g/mol. The third kappa shape index (κ3) is 5.83. The molecule has 0 spiro atoms. The molecule has 19 heavy (non-hydrogen) atoms. The van der Waals surface area contributed by atoms with Gasteiger partial charge in [0.05, 0.1) is 0 Å². The van der Waals surface area contributed by atoms with E-state index in [1.54, 1.807) is 6.08 Å². The maximum atomic E-state index is 11.6. The summed E-state index contributed by atoms with van der Waals surface area (Å²) in [7, 11) is 0. The first-order valence-corrected chi connectivity index (χ1v) is 6.10. The highest BCUT2D eigenvalue weighted by atomic mass is 16.4. The van der Waals surface area contributed by atoms with Crippen LogP contribution in [0.25, 0.3) is 6.08 Å². The molecule has 1 atom stereocenters. The van der Waals surface area contributed by atoms with E-state index in [1.807, 2.05) is 30.3 Å². The SMILES string of the molecule is NCCC[C@H](NC(=O)/C=C/c1ccccc1)C(=O)O. The van der Waals surface area contributed by atoms with Gasteiger partial charge in [0.15, 0.2) is 0 Å². The number of benzene rings is 1. The fourth-order valence-electron chi connectivity index (χ4n) is 1.54. The molecule has 0 aliphatic carbocycles. The van der Waals surface area contributed by atoms with Gasteiger partial charge in [0.1, 0.15) is 6.04 Å². The third-order valence-corrected chi connectivity index (χ3v) is 2.54. The van der Waals surface area contributed by atoms with Crippen molar-refractivity contribution in [1.82, 2.24) is 5.32 Å². The topological polar surface area (TPSA) is 92.4 Å². The lowest BCUT2D eigenvalue weighted by atomic mass is 10.1. The van der Waals surface area contributed by atoms with Crippen molar-refractivity contribution in [2.45, 2.75) is 18.9 Å². The number of amides is 1. The Morgan fingerprint density at radius 3 is 2.58 bits per heavy atom. The van der Waals surface area contributed by atoms with E-state index in [1.165, 1.54) is 6.08 Å². The summed E-state index contributed by atoms with van der Waals surface area (Å²) in [6.07, 6.45) is 3.85. The maximum absolute atomic E-state index is 11.6. The first-order valence-electron chi connectivity index (χ1n) is 6.10. The third-order valence-electron chi connectivity index (χ3n) is 2.54. The zero-order valence-electron chi connectivity index (χ0n) is 10.6. The van der Waals surface area contributed by atoms with Crippen molar-refractivity contribution in [3.8, 4) is 0 Å². The predicted octanol–water partition coefficient (Wildman–Crippen LogP) is 1.01. The van der Waals surface area contributed by atoms with Crippen LogP contribution >= 0.6 is 0 Å². The van der Waals surface area contributed by atoms with Crippen LogP contribution in [0.3, 0.4) is 0 Å². The second-order valence-corrected chi connectivity index (χ2v) is 4.07. The van der Waals surface area contributed by atoms with Crippen LogP contribution in [0.5, 0.6) is 0 Å². The minimum Gasteiger partial charge on any atom is -0.480 e. The minimum atomic E-state index is -1.05. The lowest BCUT2D eigenvalue weighted by Crippen LogP contribution is -2.40. The van der Waals surface area contributed by atoms with Crippen LogP contribution in [-0.2, 0) is 9.59 Å². The van der Waals surface area contributed by atoms with E-state index < -0.39 is 17.9 Å². The van der Waals surface area contributed by atoms with Crippen LogP contribution in [0.4, 0.5) is 0 Å². The molecule has 0 bridgehead atoms. The van der Waals surface area contributed by atoms with Gasteiger partial charge in [-0.2, -0.15) is 0 Å². The van der Waals surface area contributed by atoms with Crippen molar-refractivity contribution in [3.05, 3.63) is 42.0 Å². The van der Waals surface area contributed by atoms with E-state index in [-0.39, 0.29) is 0 Å². The Hall–Kier alpha value is -2.14. The normalized spacial score (nSPS) is 12.3. The Morgan fingerprint density at radius 2 is 2.00 bits per heavy atom. The molecule has 0 aliphatic heterocycles. The summed E-state index contributed by atoms with van der Waals surface area (Å²) in [5, 5.41) is 11.4. The number of aliphatic carboxylic acids is 1. The van der Waals surface area contributed by atoms with E-state index in [4.69, 9.17) is 10.8 Å². The second-order valence-electron chi connectivity index (χ2n) is 4.07. The molecule has 102 valence electrons. The van der Waals surface area contributed by atoms with Gasteiger partial charge in [-0.3, -0.25) is 4.79 Å². The highest BCUT2D eigenvalue weighted by Gasteiger charge is 2.17. The first-order chi connectivity index (χ1) is 9.13. The average Bonchev–Trinajstić information content (AvgIpc) is 2.42. The molecular formula is C14H18N2O3. The van der Waals surface area contributed by atoms with Crippen LogP contribution in [0, 0.1) is 0 Å². The summed E-state index contributed by atoms with van der Waals surface area (Å²) in [6.45, 7) is 0.402. The molecule has 0 heterocycles. The Bertz CT molecular complexity index is 443. The Labute approximate surface area is 112 Å². The molecule has 0 fully saturated rings. The Balaban J connectivity index is 2.53. The summed E-state index contributed by atoms with van der Waals surface area (Å²) in [5.41, 5.74) is 6.20. The average molecular weight is 262 g/mol. The molecule has 5 nitrogen and oxygen atoms in total. The molecule has 0 aliphatic rings. The van der Waals surface area contributed by atoms with Gasteiger partial charge in [0.25, 0.3) is 0 Å². The van der Waals surface area contributed by atoms with Crippen molar-refractivity contribution in [3.63, 3.8) is 0 Å². The zero-order valence-corrected chi connectivity index (χ0v) is 10.6. The molecule has 1 amide bonds. The molecular weight excluding hydrogens is 244 g/mol. The van der Waals surface area contributed by atoms with Gasteiger partial charge >= 0.3 is 5.97 Å². The van der Waals surface area contributed by atoms with Crippen molar-refractivity contribution in [2.75, 3.05) is 6.54 Å². The van der Waals surface area contributed by atoms with Crippen molar-refractivity contribution in [2.24, 2.45) is 5.73 Å². The van der Waals surface area contributed by atoms with Gasteiger partial charge in [0, 0.05) is 6.08 Å². The highest BCUT2D eigenvalue weighted by molar-refractivity contribution is 5.94. The molecule has 0 unspecified atom stereocenters. The molecule has 1 aromatic rings. The summed E-state index contributed by atoms with van der Waals surface area (Å²) < 4.78 is 0. The van der Waals surface area contributed by atoms with Crippen LogP contribution < -0.4 is 11.1 Å². The van der Waals surface area contributed by atoms with Crippen LogP contribution in [0.15, 0.2) is 36.4 Å². The fourth-order valence-corrected chi connectivity index (χ4v) is 1.54. The number of nitrogens with one attached hydrogen (secondary N) is 1. The van der Waals surface area contributed by atoms with Gasteiger partial charge in [-0.05, 0) is 31.0 Å². The molecule has 1 aromatic carbocycles. The van der Waals surface area contributed by atoms with Crippen molar-refractivity contribution in [1.29, 1.82) is 0 Å². The number of hydrogen-bond acceptors (Lipinski definition) is 3. The Kier molecular flexibility index (Phi) is 6.32. The molecule has 5 heteroatoms. The number of carbonyl (C=O) groups is 2. The molecule has 0 radical (unpaired) electrons. The van der Waals surface area contributed by atoms with E-state index in [0.717, 1.165) is 5.56 Å². The molecule has 0 saturated heterocycles. The molecule has 1 rings (SSSR count). The van der Waals surface area contributed by atoms with Gasteiger partial charge in [-0.15, -0.1) is 0 Å². The quantitative estimate of drug-likeness (QED) is 0.639. The number of carbonyl (C=O) groups excluding carboxylic acids is 1. The highest BCUT2D eigenvalue weighted by Crippen LogP contribution is 2.01. The minimum absolute atomic E-state index is 0.330. The standard InChI is InChI=1S/C14H18N2O3/c15-10-4-7-12(14(18)19)16-13(17)9-8-11-5-2-1-3-6-11/h1-3,5-6,8-9,12H,4,7,10,15H2,(H,16,17)(H,18,19)/b9-8+/t12-/m0/s1. The van der Waals surface area contributed by atoms with Crippen LogP contribution in [0.1, 0.15) is 18.4 Å². The van der Waals surface area contributed by atoms with Crippen molar-refractivity contribution >= 4 is 18.0 Å².